The van der Waals surface area contributed by atoms with Gasteiger partial charge in [-0.3, -0.25) is 0 Å². The fraction of sp³-hybridized carbons (Fsp3) is 0.250. The molecule has 1 heterocycles. The van der Waals surface area contributed by atoms with Crippen LogP contribution in [0.15, 0.2) is 65.3 Å². The first-order valence-electron chi connectivity index (χ1n) is 8.06. The van der Waals surface area contributed by atoms with Crippen molar-refractivity contribution in [1.82, 2.24) is 9.97 Å². The number of aromatic nitrogens is 2. The standard InChI is InChI=1S/C20H21BrN2/c1-2-16(17-6-4-3-5-7-17)13-19-14-22-20(23-19)12-15-8-10-18(21)11-9-15/h3-11,14,16H,2,12-13H2,1H3,(H,22,23). The molecule has 0 saturated carbocycles. The van der Waals surface area contributed by atoms with Gasteiger partial charge in [0.25, 0.3) is 0 Å². The van der Waals surface area contributed by atoms with Crippen LogP contribution in [0.2, 0.25) is 0 Å². The number of rotatable bonds is 6. The lowest BCUT2D eigenvalue weighted by Crippen LogP contribution is -2.02. The summed E-state index contributed by atoms with van der Waals surface area (Å²) in [6.45, 7) is 2.25. The predicted molar refractivity (Wildman–Crippen MR) is 98.7 cm³/mol. The third kappa shape index (κ3) is 4.32. The fourth-order valence-electron chi connectivity index (χ4n) is 2.88. The Kier molecular flexibility index (Phi) is 5.29. The maximum absolute atomic E-state index is 4.55. The average Bonchev–Trinajstić information content (AvgIpc) is 3.03. The Balaban J connectivity index is 1.68. The molecule has 0 amide bonds. The highest BCUT2D eigenvalue weighted by Gasteiger charge is 2.12. The fourth-order valence-corrected chi connectivity index (χ4v) is 3.15. The summed E-state index contributed by atoms with van der Waals surface area (Å²) < 4.78 is 1.11. The molecule has 1 aromatic heterocycles. The van der Waals surface area contributed by atoms with Crippen molar-refractivity contribution >= 4 is 15.9 Å². The Morgan fingerprint density at radius 2 is 1.78 bits per heavy atom. The first kappa shape index (κ1) is 16.0. The van der Waals surface area contributed by atoms with Crippen molar-refractivity contribution in [3.8, 4) is 0 Å². The van der Waals surface area contributed by atoms with Crippen molar-refractivity contribution in [3.05, 3.63) is 87.9 Å². The molecule has 0 aliphatic heterocycles. The number of imidazole rings is 1. The molecule has 0 spiro atoms. The summed E-state index contributed by atoms with van der Waals surface area (Å²) in [5.41, 5.74) is 3.89. The van der Waals surface area contributed by atoms with Crippen molar-refractivity contribution in [2.75, 3.05) is 0 Å². The number of benzene rings is 2. The van der Waals surface area contributed by atoms with Gasteiger partial charge in [-0.05, 0) is 42.0 Å². The van der Waals surface area contributed by atoms with Crippen molar-refractivity contribution in [2.24, 2.45) is 0 Å². The number of halogens is 1. The minimum Gasteiger partial charge on any atom is -0.346 e. The first-order chi connectivity index (χ1) is 11.2. The zero-order valence-corrected chi connectivity index (χ0v) is 14.9. The Morgan fingerprint density at radius 3 is 2.48 bits per heavy atom. The molecule has 0 aliphatic rings. The Morgan fingerprint density at radius 1 is 1.04 bits per heavy atom. The third-order valence-electron chi connectivity index (χ3n) is 4.20. The normalized spacial score (nSPS) is 12.3. The lowest BCUT2D eigenvalue weighted by molar-refractivity contribution is 0.651. The van der Waals surface area contributed by atoms with Gasteiger partial charge < -0.3 is 4.98 Å². The van der Waals surface area contributed by atoms with E-state index in [0.29, 0.717) is 5.92 Å². The van der Waals surface area contributed by atoms with Gasteiger partial charge in [-0.1, -0.05) is 65.3 Å². The van der Waals surface area contributed by atoms with Gasteiger partial charge in [0.1, 0.15) is 5.82 Å². The van der Waals surface area contributed by atoms with E-state index in [-0.39, 0.29) is 0 Å². The zero-order valence-electron chi connectivity index (χ0n) is 13.3. The topological polar surface area (TPSA) is 28.7 Å². The highest BCUT2D eigenvalue weighted by atomic mass is 79.9. The van der Waals surface area contributed by atoms with E-state index in [2.05, 4.69) is 87.4 Å². The summed E-state index contributed by atoms with van der Waals surface area (Å²) in [6.07, 6.45) is 4.97. The number of hydrogen-bond acceptors (Lipinski definition) is 1. The van der Waals surface area contributed by atoms with Gasteiger partial charge >= 0.3 is 0 Å². The average molecular weight is 369 g/mol. The zero-order chi connectivity index (χ0) is 16.1. The Bertz CT molecular complexity index is 732. The minimum absolute atomic E-state index is 0.539. The molecule has 0 saturated heterocycles. The lowest BCUT2D eigenvalue weighted by Gasteiger charge is -2.14. The molecule has 2 aromatic carbocycles. The van der Waals surface area contributed by atoms with Crippen LogP contribution in [-0.4, -0.2) is 9.97 Å². The molecule has 1 atom stereocenters. The van der Waals surface area contributed by atoms with Crippen LogP contribution in [0.25, 0.3) is 0 Å². The maximum atomic E-state index is 4.55. The van der Waals surface area contributed by atoms with Crippen LogP contribution < -0.4 is 0 Å². The van der Waals surface area contributed by atoms with Gasteiger partial charge in [-0.25, -0.2) is 4.98 Å². The van der Waals surface area contributed by atoms with Gasteiger partial charge in [0, 0.05) is 22.8 Å². The van der Waals surface area contributed by atoms with E-state index < -0.39 is 0 Å². The molecule has 2 nitrogen and oxygen atoms in total. The SMILES string of the molecule is CCC(Cc1cnc(Cc2ccc(Br)cc2)[nH]1)c1ccccc1. The molecular weight excluding hydrogens is 348 g/mol. The lowest BCUT2D eigenvalue weighted by atomic mass is 9.92. The van der Waals surface area contributed by atoms with E-state index in [1.807, 2.05) is 6.20 Å². The van der Waals surface area contributed by atoms with Gasteiger partial charge in [0.2, 0.25) is 0 Å². The van der Waals surface area contributed by atoms with Crippen molar-refractivity contribution in [2.45, 2.75) is 32.1 Å². The van der Waals surface area contributed by atoms with Crippen LogP contribution in [0.3, 0.4) is 0 Å². The minimum atomic E-state index is 0.539. The highest BCUT2D eigenvalue weighted by Crippen LogP contribution is 2.23. The van der Waals surface area contributed by atoms with Crippen LogP contribution in [0.4, 0.5) is 0 Å². The van der Waals surface area contributed by atoms with Crippen molar-refractivity contribution in [3.63, 3.8) is 0 Å². The molecule has 1 N–H and O–H groups in total. The molecule has 118 valence electrons. The number of aromatic amines is 1. The largest absolute Gasteiger partial charge is 0.346 e. The molecule has 1 unspecified atom stereocenters. The molecular formula is C20H21BrN2. The summed E-state index contributed by atoms with van der Waals surface area (Å²) in [5.74, 6) is 1.57. The van der Waals surface area contributed by atoms with Crippen LogP contribution in [-0.2, 0) is 12.8 Å². The number of H-pyrrole nitrogens is 1. The van der Waals surface area contributed by atoms with E-state index in [4.69, 9.17) is 0 Å². The summed E-state index contributed by atoms with van der Waals surface area (Å²) in [5, 5.41) is 0. The van der Waals surface area contributed by atoms with E-state index in [0.717, 1.165) is 29.6 Å². The molecule has 0 bridgehead atoms. The van der Waals surface area contributed by atoms with E-state index in [9.17, 15) is 0 Å². The Hall–Kier alpha value is -1.87. The molecule has 0 radical (unpaired) electrons. The Labute approximate surface area is 146 Å². The van der Waals surface area contributed by atoms with Gasteiger partial charge in [-0.15, -0.1) is 0 Å². The molecule has 0 fully saturated rings. The second-order valence-electron chi connectivity index (χ2n) is 5.88. The summed E-state index contributed by atoms with van der Waals surface area (Å²) >= 11 is 3.47. The summed E-state index contributed by atoms with van der Waals surface area (Å²) in [6, 6.07) is 19.1. The molecule has 3 heteroatoms. The smallest absolute Gasteiger partial charge is 0.110 e. The number of nitrogens with zero attached hydrogens (tertiary/aromatic N) is 1. The van der Waals surface area contributed by atoms with E-state index >= 15 is 0 Å². The second kappa shape index (κ2) is 7.60. The molecule has 3 aromatic rings. The quantitative estimate of drug-likeness (QED) is 0.611. The third-order valence-corrected chi connectivity index (χ3v) is 4.72. The summed E-state index contributed by atoms with van der Waals surface area (Å²) in [7, 11) is 0. The molecule has 23 heavy (non-hydrogen) atoms. The van der Waals surface area contributed by atoms with Crippen LogP contribution in [0, 0.1) is 0 Å². The molecule has 3 rings (SSSR count). The van der Waals surface area contributed by atoms with Gasteiger partial charge in [0.05, 0.1) is 0 Å². The van der Waals surface area contributed by atoms with Gasteiger partial charge in [-0.2, -0.15) is 0 Å². The number of nitrogens with one attached hydrogen (secondary N) is 1. The van der Waals surface area contributed by atoms with Crippen LogP contribution in [0.5, 0.6) is 0 Å². The monoisotopic (exact) mass is 368 g/mol. The van der Waals surface area contributed by atoms with E-state index in [1.165, 1.54) is 16.8 Å². The van der Waals surface area contributed by atoms with Crippen LogP contribution >= 0.6 is 15.9 Å². The maximum Gasteiger partial charge on any atom is 0.110 e. The molecule has 0 aliphatic carbocycles. The van der Waals surface area contributed by atoms with Gasteiger partial charge in [0.15, 0.2) is 0 Å². The van der Waals surface area contributed by atoms with Crippen molar-refractivity contribution < 1.29 is 0 Å². The van der Waals surface area contributed by atoms with E-state index in [1.54, 1.807) is 0 Å². The summed E-state index contributed by atoms with van der Waals surface area (Å²) in [4.78, 5) is 8.04. The number of hydrogen-bond donors (Lipinski definition) is 1. The van der Waals surface area contributed by atoms with Crippen LogP contribution in [0.1, 0.15) is 41.9 Å². The first-order valence-corrected chi connectivity index (χ1v) is 8.86. The predicted octanol–water partition coefficient (Wildman–Crippen LogP) is 5.50. The van der Waals surface area contributed by atoms with Crippen molar-refractivity contribution in [1.29, 1.82) is 0 Å². The highest BCUT2D eigenvalue weighted by molar-refractivity contribution is 9.10. The second-order valence-corrected chi connectivity index (χ2v) is 6.79.